The van der Waals surface area contributed by atoms with Crippen molar-refractivity contribution in [3.63, 3.8) is 0 Å². The molecule has 3 N–H and O–H groups in total. The Labute approximate surface area is 231 Å². The molecular formula is C25H34F3N7O4S. The van der Waals surface area contributed by atoms with E-state index in [1.165, 1.54) is 43.0 Å². The number of halogens is 3. The van der Waals surface area contributed by atoms with Crippen molar-refractivity contribution >= 4 is 28.0 Å². The van der Waals surface area contributed by atoms with Gasteiger partial charge in [-0.05, 0) is 52.2 Å². The Morgan fingerprint density at radius 2 is 1.95 bits per heavy atom. The van der Waals surface area contributed by atoms with Gasteiger partial charge >= 0.3 is 6.18 Å². The third-order valence-corrected chi connectivity index (χ3v) is 7.92. The molecule has 0 aliphatic carbocycles. The molecule has 0 aromatic carbocycles. The average molecular weight is 586 g/mol. The molecule has 2 aromatic rings. The molecule has 2 atom stereocenters. The van der Waals surface area contributed by atoms with E-state index in [1.54, 1.807) is 0 Å². The van der Waals surface area contributed by atoms with Gasteiger partial charge in [0.05, 0.1) is 11.0 Å². The van der Waals surface area contributed by atoms with E-state index < -0.39 is 34.1 Å². The highest BCUT2D eigenvalue weighted by atomic mass is 32.2. The van der Waals surface area contributed by atoms with Crippen LogP contribution in [0.1, 0.15) is 51.4 Å². The Morgan fingerprint density at radius 3 is 2.50 bits per heavy atom. The largest absolute Gasteiger partial charge is 0.476 e. The highest BCUT2D eigenvalue weighted by molar-refractivity contribution is 7.94. The van der Waals surface area contributed by atoms with Crippen LogP contribution in [0.2, 0.25) is 0 Å². The number of ether oxygens (including phenoxy) is 1. The number of carbonyl (C=O) groups is 1. The van der Waals surface area contributed by atoms with E-state index in [1.807, 2.05) is 16.5 Å². The Kier molecular flexibility index (Phi) is 8.87. The predicted octanol–water partition coefficient (Wildman–Crippen LogP) is 3.42. The Bertz CT molecular complexity index is 1410. The molecule has 0 saturated carbocycles. The lowest BCUT2D eigenvalue weighted by Gasteiger charge is -2.26. The highest BCUT2D eigenvalue weighted by Gasteiger charge is 2.48. The molecule has 3 heterocycles. The van der Waals surface area contributed by atoms with Gasteiger partial charge in [-0.15, -0.1) is 5.10 Å². The Morgan fingerprint density at radius 1 is 1.27 bits per heavy atom. The molecule has 1 saturated heterocycles. The molecule has 2 aromatic heterocycles. The number of pyridine rings is 1. The minimum atomic E-state index is -4.46. The van der Waals surface area contributed by atoms with Crippen molar-refractivity contribution in [3.05, 3.63) is 40.6 Å². The van der Waals surface area contributed by atoms with Crippen LogP contribution in [0, 0.1) is 11.3 Å². The van der Waals surface area contributed by atoms with Gasteiger partial charge in [0.1, 0.15) is 17.3 Å². The molecule has 1 amide bonds. The van der Waals surface area contributed by atoms with Gasteiger partial charge in [0.25, 0.3) is 15.9 Å². The molecule has 1 aliphatic heterocycles. The summed E-state index contributed by atoms with van der Waals surface area (Å²) in [5, 5.41) is 4.18. The van der Waals surface area contributed by atoms with Crippen LogP contribution in [0.4, 0.5) is 19.0 Å². The van der Waals surface area contributed by atoms with Gasteiger partial charge in [-0.1, -0.05) is 6.92 Å². The summed E-state index contributed by atoms with van der Waals surface area (Å²) in [6.07, 6.45) is -1.12. The van der Waals surface area contributed by atoms with Crippen molar-refractivity contribution in [2.45, 2.75) is 53.3 Å². The number of nitrogens with zero attached hydrogens (tertiary/aromatic N) is 5. The lowest BCUT2D eigenvalue weighted by atomic mass is 9.94. The van der Waals surface area contributed by atoms with Crippen LogP contribution in [0.5, 0.6) is 5.88 Å². The zero-order valence-electron chi connectivity index (χ0n) is 23.2. The maximum absolute atomic E-state index is 13.3. The summed E-state index contributed by atoms with van der Waals surface area (Å²) in [6, 6.07) is 4.26. The van der Waals surface area contributed by atoms with E-state index in [2.05, 4.69) is 22.0 Å². The summed E-state index contributed by atoms with van der Waals surface area (Å²) >= 11 is 0. The van der Waals surface area contributed by atoms with Gasteiger partial charge in [0, 0.05) is 43.8 Å². The molecule has 3 rings (SSSR count). The topological polar surface area (TPSA) is 145 Å². The normalized spacial score (nSPS) is 19.2. The molecule has 15 heteroatoms. The second-order valence-electron chi connectivity index (χ2n) is 10.5. The fraction of sp³-hybridized carbons (Fsp3) is 0.520. The molecule has 1 fully saturated rings. The SMILES string of the molecule is CN=C/C(=C(/C)N)S(=O)(=O)NC(=O)c1ccc(-n2ccc(OCC(C)(C)C(F)(F)F)n2)nc1N1C[C@@H](C)CC1C. The summed E-state index contributed by atoms with van der Waals surface area (Å²) in [6.45, 7) is 7.39. The molecule has 40 heavy (non-hydrogen) atoms. The van der Waals surface area contributed by atoms with Crippen molar-refractivity contribution in [2.75, 3.05) is 25.1 Å². The third kappa shape index (κ3) is 6.74. The lowest BCUT2D eigenvalue weighted by Crippen LogP contribution is -2.37. The van der Waals surface area contributed by atoms with Crippen molar-refractivity contribution in [1.29, 1.82) is 0 Å². The van der Waals surface area contributed by atoms with Gasteiger partial charge < -0.3 is 15.4 Å². The fourth-order valence-corrected chi connectivity index (χ4v) is 5.27. The maximum Gasteiger partial charge on any atom is 0.397 e. The second-order valence-corrected chi connectivity index (χ2v) is 12.2. The predicted molar refractivity (Wildman–Crippen MR) is 145 cm³/mol. The zero-order chi connectivity index (χ0) is 30.0. The molecule has 1 unspecified atom stereocenters. The quantitative estimate of drug-likeness (QED) is 0.426. The van der Waals surface area contributed by atoms with Crippen molar-refractivity contribution in [3.8, 4) is 11.7 Å². The summed E-state index contributed by atoms with van der Waals surface area (Å²) in [5.41, 5.74) is 3.58. The summed E-state index contributed by atoms with van der Waals surface area (Å²) in [4.78, 5) is 23.1. The number of allylic oxidation sites excluding steroid dienone is 2. The number of sulfonamides is 1. The summed E-state index contributed by atoms with van der Waals surface area (Å²) < 4.78 is 73.9. The van der Waals surface area contributed by atoms with Crippen LogP contribution in [-0.2, 0) is 10.0 Å². The molecule has 0 radical (unpaired) electrons. The van der Waals surface area contributed by atoms with E-state index in [0.717, 1.165) is 26.5 Å². The van der Waals surface area contributed by atoms with Crippen LogP contribution in [0.15, 0.2) is 40.0 Å². The number of aliphatic imine (C=N–C) groups is 1. The van der Waals surface area contributed by atoms with Crippen molar-refractivity contribution in [1.82, 2.24) is 19.5 Å². The number of alkyl halides is 3. The van der Waals surface area contributed by atoms with E-state index in [-0.39, 0.29) is 45.6 Å². The molecule has 1 aliphatic rings. The number of aromatic nitrogens is 3. The van der Waals surface area contributed by atoms with Gasteiger partial charge in [-0.2, -0.15) is 13.2 Å². The highest BCUT2D eigenvalue weighted by Crippen LogP contribution is 2.37. The Hall–Kier alpha value is -3.62. The van der Waals surface area contributed by atoms with Gasteiger partial charge in [-0.3, -0.25) is 9.79 Å². The molecule has 0 bridgehead atoms. The lowest BCUT2D eigenvalue weighted by molar-refractivity contribution is -0.219. The summed E-state index contributed by atoms with van der Waals surface area (Å²) in [5.74, 6) is -0.175. The Balaban J connectivity index is 1.96. The van der Waals surface area contributed by atoms with Crippen LogP contribution in [0.3, 0.4) is 0 Å². The molecular weight excluding hydrogens is 551 g/mol. The minimum Gasteiger partial charge on any atom is -0.476 e. The number of hydrogen-bond donors (Lipinski definition) is 2. The van der Waals surface area contributed by atoms with Crippen LogP contribution in [0.25, 0.3) is 5.82 Å². The first-order chi connectivity index (χ1) is 18.5. The van der Waals surface area contributed by atoms with E-state index >= 15 is 0 Å². The zero-order valence-corrected chi connectivity index (χ0v) is 24.0. The van der Waals surface area contributed by atoms with Crippen LogP contribution in [-0.4, -0.2) is 67.7 Å². The summed E-state index contributed by atoms with van der Waals surface area (Å²) in [7, 11) is -2.96. The van der Waals surface area contributed by atoms with Crippen molar-refractivity contribution in [2.24, 2.45) is 22.1 Å². The van der Waals surface area contributed by atoms with Crippen molar-refractivity contribution < 1.29 is 31.1 Å². The van der Waals surface area contributed by atoms with Gasteiger partial charge in [0.15, 0.2) is 5.82 Å². The van der Waals surface area contributed by atoms with E-state index in [9.17, 15) is 26.4 Å². The molecule has 11 nitrogen and oxygen atoms in total. The van der Waals surface area contributed by atoms with Crippen LogP contribution < -0.4 is 20.1 Å². The van der Waals surface area contributed by atoms with E-state index in [4.69, 9.17) is 10.5 Å². The first kappa shape index (κ1) is 30.9. The second kappa shape index (κ2) is 11.5. The number of nitrogens with two attached hydrogens (primary N) is 1. The van der Waals surface area contributed by atoms with Crippen LogP contribution >= 0.6 is 0 Å². The molecule has 220 valence electrons. The number of carbonyl (C=O) groups excluding carboxylic acids is 1. The van der Waals surface area contributed by atoms with Gasteiger partial charge in [-0.25, -0.2) is 22.8 Å². The minimum absolute atomic E-state index is 0.00371. The number of rotatable bonds is 9. The number of nitrogens with one attached hydrogen (secondary N) is 1. The number of anilines is 1. The number of amides is 1. The smallest absolute Gasteiger partial charge is 0.397 e. The fourth-order valence-electron chi connectivity index (χ4n) is 4.14. The standard InChI is InChI=1S/C25H34F3N7O4S/c1-15-11-16(2)34(13-15)22-18(23(36)33-40(37,38)19(12-30-6)17(3)29)7-8-20(31-22)35-10-9-21(32-35)39-14-24(4,5)25(26,27)28/h7-10,12,15-16H,11,13-14,29H2,1-6H3,(H,33,36)/b19-17+,30-12?/t15-,16?/m0/s1. The average Bonchev–Trinajstić information content (AvgIpc) is 3.45. The maximum atomic E-state index is 13.3. The van der Waals surface area contributed by atoms with E-state index in [0.29, 0.717) is 6.54 Å². The first-order valence-electron chi connectivity index (χ1n) is 12.5. The third-order valence-electron chi connectivity index (χ3n) is 6.46. The number of hydrogen-bond acceptors (Lipinski definition) is 9. The molecule has 0 spiro atoms. The monoisotopic (exact) mass is 585 g/mol. The van der Waals surface area contributed by atoms with Gasteiger partial charge in [0.2, 0.25) is 5.88 Å². The first-order valence-corrected chi connectivity index (χ1v) is 13.9.